The number of carbonyl (C=O) groups is 2. The van der Waals surface area contributed by atoms with E-state index in [0.29, 0.717) is 18.8 Å². The van der Waals surface area contributed by atoms with Crippen LogP contribution in [0.3, 0.4) is 0 Å². The Kier molecular flexibility index (Phi) is 7.94. The van der Waals surface area contributed by atoms with E-state index in [2.05, 4.69) is 20.6 Å². The largest absolute Gasteiger partial charge is 0.452 e. The number of hydrogen-bond acceptors (Lipinski definition) is 5. The maximum atomic E-state index is 12.8. The lowest BCUT2D eigenvalue weighted by molar-refractivity contribution is -0.123. The third-order valence-electron chi connectivity index (χ3n) is 3.93. The first-order valence-corrected chi connectivity index (χ1v) is 8.88. The molecule has 0 spiro atoms. The summed E-state index contributed by atoms with van der Waals surface area (Å²) >= 11 is 0. The summed E-state index contributed by atoms with van der Waals surface area (Å²) < 4.78 is 0. The predicted octanol–water partition coefficient (Wildman–Crippen LogP) is 0.918. The van der Waals surface area contributed by atoms with Crippen LogP contribution in [0, 0.1) is 5.92 Å². The van der Waals surface area contributed by atoms with Crippen molar-refractivity contribution < 1.29 is 14.6 Å². The molecule has 1 radical (unpaired) electrons. The topological polar surface area (TPSA) is 104 Å². The van der Waals surface area contributed by atoms with Gasteiger partial charge >= 0.3 is 7.48 Å². The van der Waals surface area contributed by atoms with Crippen LogP contribution < -0.4 is 10.6 Å². The van der Waals surface area contributed by atoms with Crippen molar-refractivity contribution in [3.63, 3.8) is 0 Å². The van der Waals surface area contributed by atoms with Crippen LogP contribution in [0.25, 0.3) is 0 Å². The van der Waals surface area contributed by atoms with Gasteiger partial charge in [0.25, 0.3) is 5.91 Å². The van der Waals surface area contributed by atoms with Crippen LogP contribution in [0.15, 0.2) is 48.9 Å². The van der Waals surface area contributed by atoms with Gasteiger partial charge in [0.15, 0.2) is 0 Å². The van der Waals surface area contributed by atoms with Gasteiger partial charge in [-0.3, -0.25) is 14.6 Å². The Hall–Kier alpha value is -2.74. The number of nitrogens with zero attached hydrogens (tertiary/aromatic N) is 2. The van der Waals surface area contributed by atoms with Crippen LogP contribution in [0.4, 0.5) is 0 Å². The number of nitrogens with one attached hydrogen (secondary N) is 2. The van der Waals surface area contributed by atoms with E-state index in [1.165, 1.54) is 18.6 Å². The van der Waals surface area contributed by atoms with Crippen LogP contribution in [0.5, 0.6) is 0 Å². The van der Waals surface area contributed by atoms with Gasteiger partial charge in [-0.1, -0.05) is 44.2 Å². The smallest absolute Gasteiger partial charge is 0.311 e. The molecule has 0 aliphatic carbocycles. The van der Waals surface area contributed by atoms with Crippen LogP contribution in [0.2, 0.25) is 0 Å². The molecule has 2 rings (SSSR count). The zero-order valence-corrected chi connectivity index (χ0v) is 15.5. The van der Waals surface area contributed by atoms with Gasteiger partial charge in [-0.15, -0.1) is 0 Å². The van der Waals surface area contributed by atoms with E-state index in [1.54, 1.807) is 0 Å². The Labute approximate surface area is 159 Å². The Balaban J connectivity index is 2.13. The fourth-order valence-electron chi connectivity index (χ4n) is 2.66. The molecule has 0 bridgehead atoms. The van der Waals surface area contributed by atoms with E-state index in [-0.39, 0.29) is 11.6 Å². The number of hydrogen-bond donors (Lipinski definition) is 3. The summed E-state index contributed by atoms with van der Waals surface area (Å²) in [5.74, 6) is -1.04. The maximum Gasteiger partial charge on any atom is 0.311 e. The third-order valence-corrected chi connectivity index (χ3v) is 3.93. The van der Waals surface area contributed by atoms with Crippen LogP contribution in [-0.2, 0) is 11.2 Å². The second kappa shape index (κ2) is 10.4. The van der Waals surface area contributed by atoms with Crippen molar-refractivity contribution in [1.29, 1.82) is 0 Å². The van der Waals surface area contributed by atoms with Gasteiger partial charge in [0.2, 0.25) is 5.91 Å². The number of rotatable bonds is 9. The summed E-state index contributed by atoms with van der Waals surface area (Å²) in [7, 11) is 0.974. The van der Waals surface area contributed by atoms with E-state index in [1.807, 2.05) is 44.2 Å². The Morgan fingerprint density at radius 3 is 2.48 bits per heavy atom. The van der Waals surface area contributed by atoms with Gasteiger partial charge in [-0.2, -0.15) is 0 Å². The van der Waals surface area contributed by atoms with Crippen molar-refractivity contribution in [3.05, 3.63) is 60.2 Å². The third kappa shape index (κ3) is 6.82. The van der Waals surface area contributed by atoms with E-state index in [9.17, 15) is 14.6 Å². The summed E-state index contributed by atoms with van der Waals surface area (Å²) in [5, 5.41) is 14.9. The lowest BCUT2D eigenvalue weighted by atomic mass is 9.82. The fraction of sp³-hybridized carbons (Fsp3) is 0.368. The molecule has 0 saturated carbocycles. The summed E-state index contributed by atoms with van der Waals surface area (Å²) in [6.07, 6.45) is 5.14. The first-order chi connectivity index (χ1) is 13.0. The summed E-state index contributed by atoms with van der Waals surface area (Å²) in [6, 6.07) is 8.60. The van der Waals surface area contributed by atoms with Crippen LogP contribution >= 0.6 is 0 Å². The predicted molar refractivity (Wildman–Crippen MR) is 103 cm³/mol. The number of amides is 2. The lowest BCUT2D eigenvalue weighted by Gasteiger charge is -2.23. The highest BCUT2D eigenvalue weighted by molar-refractivity contribution is 6.28. The lowest BCUT2D eigenvalue weighted by Crippen LogP contribution is -2.52. The molecule has 7 nitrogen and oxygen atoms in total. The fourth-order valence-corrected chi connectivity index (χ4v) is 2.66. The SMILES string of the molecule is CC(C)C[C@@H]([B]O)NC(=O)[C@H](Cc1ccccc1)NC(=O)c1cnccn1. The number of benzene rings is 1. The summed E-state index contributed by atoms with van der Waals surface area (Å²) in [6.45, 7) is 4.00. The molecule has 2 amide bonds. The molecule has 1 aromatic heterocycles. The summed E-state index contributed by atoms with van der Waals surface area (Å²) in [5.41, 5.74) is 1.04. The normalized spacial score (nSPS) is 12.9. The molecular formula is C19H24BN4O3. The Morgan fingerprint density at radius 2 is 1.89 bits per heavy atom. The van der Waals surface area contributed by atoms with E-state index in [4.69, 9.17) is 0 Å². The average molecular weight is 367 g/mol. The first kappa shape index (κ1) is 20.6. The minimum atomic E-state index is -0.809. The monoisotopic (exact) mass is 367 g/mol. The Morgan fingerprint density at radius 1 is 1.15 bits per heavy atom. The molecular weight excluding hydrogens is 343 g/mol. The highest BCUT2D eigenvalue weighted by Gasteiger charge is 2.25. The molecule has 3 N–H and O–H groups in total. The molecule has 1 aromatic carbocycles. The molecule has 27 heavy (non-hydrogen) atoms. The second-order valence-electron chi connectivity index (χ2n) is 6.70. The molecule has 0 aliphatic rings. The molecule has 0 unspecified atom stereocenters. The van der Waals surface area contributed by atoms with Crippen LogP contribution in [0.1, 0.15) is 36.3 Å². The minimum Gasteiger partial charge on any atom is -0.452 e. The van der Waals surface area contributed by atoms with E-state index in [0.717, 1.165) is 13.0 Å². The van der Waals surface area contributed by atoms with Crippen molar-refractivity contribution in [3.8, 4) is 0 Å². The Bertz CT molecular complexity index is 728. The van der Waals surface area contributed by atoms with Gasteiger partial charge in [-0.25, -0.2) is 4.98 Å². The number of aromatic nitrogens is 2. The molecule has 2 atom stereocenters. The maximum absolute atomic E-state index is 12.8. The van der Waals surface area contributed by atoms with Gasteiger partial charge in [0.05, 0.1) is 6.20 Å². The molecule has 0 fully saturated rings. The number of carbonyl (C=O) groups excluding carboxylic acids is 2. The summed E-state index contributed by atoms with van der Waals surface area (Å²) in [4.78, 5) is 33.0. The zero-order chi connectivity index (χ0) is 19.6. The highest BCUT2D eigenvalue weighted by atomic mass is 16.2. The van der Waals surface area contributed by atoms with Crippen molar-refractivity contribution in [2.45, 2.75) is 38.7 Å². The molecule has 2 aromatic rings. The van der Waals surface area contributed by atoms with Gasteiger partial charge in [-0.05, 0) is 17.9 Å². The quantitative estimate of drug-likeness (QED) is 0.572. The standard InChI is InChI=1S/C19H24BN4O3/c1-13(2)10-17(20-27)24-18(25)15(11-14-6-4-3-5-7-14)23-19(26)16-12-21-8-9-22-16/h3-9,12-13,15,17,27H,10-11H2,1-2H3,(H,23,26)(H,24,25)/t15-,17-/m0/s1. The molecule has 0 saturated heterocycles. The van der Waals surface area contributed by atoms with Gasteiger partial charge in [0.1, 0.15) is 11.7 Å². The molecule has 141 valence electrons. The van der Waals surface area contributed by atoms with Crippen molar-refractivity contribution in [1.82, 2.24) is 20.6 Å². The van der Waals surface area contributed by atoms with Crippen molar-refractivity contribution in [2.24, 2.45) is 5.92 Å². The average Bonchev–Trinajstić information content (AvgIpc) is 2.68. The van der Waals surface area contributed by atoms with E-state index < -0.39 is 17.9 Å². The van der Waals surface area contributed by atoms with Crippen molar-refractivity contribution >= 4 is 19.3 Å². The molecule has 0 aliphatic heterocycles. The second-order valence-corrected chi connectivity index (χ2v) is 6.70. The minimum absolute atomic E-state index is 0.135. The molecule has 8 heteroatoms. The van der Waals surface area contributed by atoms with Gasteiger partial charge < -0.3 is 15.7 Å². The molecule has 1 heterocycles. The first-order valence-electron chi connectivity index (χ1n) is 8.88. The van der Waals surface area contributed by atoms with Crippen molar-refractivity contribution in [2.75, 3.05) is 0 Å². The van der Waals surface area contributed by atoms with E-state index >= 15 is 0 Å². The zero-order valence-electron chi connectivity index (χ0n) is 15.5. The highest BCUT2D eigenvalue weighted by Crippen LogP contribution is 2.07. The van der Waals surface area contributed by atoms with Crippen LogP contribution in [-0.4, -0.2) is 46.3 Å². The van der Waals surface area contributed by atoms with Gasteiger partial charge in [0, 0.05) is 24.8 Å².